The summed E-state index contributed by atoms with van der Waals surface area (Å²) in [6.07, 6.45) is 65.2. The van der Waals surface area contributed by atoms with Crippen LogP contribution >= 0.6 is 7.82 Å². The molecular weight excluding hydrogens is 1000 g/mol. The number of phosphoric acid groups is 1. The van der Waals surface area contributed by atoms with Gasteiger partial charge in [-0.15, -0.1) is 0 Å². The molecule has 0 heterocycles. The van der Waals surface area contributed by atoms with Gasteiger partial charge in [0.05, 0.1) is 19.8 Å². The first-order valence-electron chi connectivity index (χ1n) is 32.9. The van der Waals surface area contributed by atoms with E-state index in [1.807, 2.05) is 0 Å². The molecule has 11 nitrogen and oxygen atoms in total. The maximum atomic E-state index is 13.0. The van der Waals surface area contributed by atoms with Crippen LogP contribution in [0.4, 0.5) is 0 Å². The third kappa shape index (κ3) is 58.4. The minimum atomic E-state index is -4.75. The van der Waals surface area contributed by atoms with Crippen LogP contribution in [0.2, 0.25) is 0 Å². The quantitative estimate of drug-likeness (QED) is 0.0197. The van der Waals surface area contributed by atoms with Crippen LogP contribution in [0.15, 0.2) is 36.5 Å². The molecule has 458 valence electrons. The number of allylic oxidation sites excluding steroid dienone is 6. The Labute approximate surface area is 480 Å². The second-order valence-electron chi connectivity index (χ2n) is 22.3. The minimum Gasteiger partial charge on any atom is -0.462 e. The fourth-order valence-electron chi connectivity index (χ4n) is 9.50. The molecule has 78 heavy (non-hydrogen) atoms. The summed E-state index contributed by atoms with van der Waals surface area (Å²) in [6.45, 7) is 4.68. The summed E-state index contributed by atoms with van der Waals surface area (Å²) >= 11 is 0. The summed E-state index contributed by atoms with van der Waals surface area (Å²) in [5.41, 5.74) is 0. The van der Waals surface area contributed by atoms with Crippen LogP contribution in [-0.4, -0.2) is 66.5 Å². The van der Waals surface area contributed by atoms with Crippen molar-refractivity contribution in [1.29, 1.82) is 0 Å². The fourth-order valence-corrected chi connectivity index (χ4v) is 10.3. The number of carbonyl (C=O) groups excluding carboxylic acids is 3. The average Bonchev–Trinajstić information content (AvgIpc) is 3.43. The highest BCUT2D eigenvalue weighted by Crippen LogP contribution is 2.43. The van der Waals surface area contributed by atoms with Crippen LogP contribution < -0.4 is 0 Å². The Kier molecular flexibility index (Phi) is 59.0. The number of unbranched alkanes of at least 4 members (excludes halogenated alkanes) is 39. The van der Waals surface area contributed by atoms with Gasteiger partial charge in [-0.2, -0.15) is 0 Å². The zero-order chi connectivity index (χ0) is 56.9. The van der Waals surface area contributed by atoms with E-state index >= 15 is 0 Å². The zero-order valence-electron chi connectivity index (χ0n) is 50.9. The van der Waals surface area contributed by atoms with E-state index in [2.05, 4.69) is 57.2 Å². The molecule has 3 unspecified atom stereocenters. The summed E-state index contributed by atoms with van der Waals surface area (Å²) in [5, 5.41) is 9.85. The molecule has 12 heteroatoms. The molecule has 2 N–H and O–H groups in total. The molecule has 0 fully saturated rings. The van der Waals surface area contributed by atoms with Crippen molar-refractivity contribution in [2.45, 2.75) is 341 Å². The first-order chi connectivity index (χ1) is 38.2. The predicted octanol–water partition coefficient (Wildman–Crippen LogP) is 19.9. The topological polar surface area (TPSA) is 155 Å². The second kappa shape index (κ2) is 60.8. The fraction of sp³-hybridized carbons (Fsp3) is 0.864. The molecule has 0 radical (unpaired) electrons. The van der Waals surface area contributed by atoms with Crippen LogP contribution in [0.3, 0.4) is 0 Å². The second-order valence-corrected chi connectivity index (χ2v) is 23.7. The van der Waals surface area contributed by atoms with Gasteiger partial charge in [-0.1, -0.05) is 269 Å². The number of rotatable bonds is 62. The molecule has 0 rings (SSSR count). The van der Waals surface area contributed by atoms with Crippen LogP contribution in [0.1, 0.15) is 329 Å². The number of hydrogen-bond donors (Lipinski definition) is 2. The average molecular weight is 1120 g/mol. The molecule has 0 aromatic heterocycles. The van der Waals surface area contributed by atoms with E-state index in [0.717, 1.165) is 77.0 Å². The number of ether oxygens (including phenoxy) is 3. The monoisotopic (exact) mass is 1120 g/mol. The molecule has 0 spiro atoms. The highest BCUT2D eigenvalue weighted by Gasteiger charge is 2.28. The first-order valence-corrected chi connectivity index (χ1v) is 34.4. The summed E-state index contributed by atoms with van der Waals surface area (Å²) in [6, 6.07) is 0. The lowest BCUT2D eigenvalue weighted by Crippen LogP contribution is -2.30. The van der Waals surface area contributed by atoms with E-state index in [-0.39, 0.29) is 25.9 Å². The molecule has 0 amide bonds. The molecule has 3 atom stereocenters. The van der Waals surface area contributed by atoms with Gasteiger partial charge in [0.2, 0.25) is 0 Å². The number of esters is 3. The summed E-state index contributed by atoms with van der Waals surface area (Å²) in [4.78, 5) is 48.8. The highest BCUT2D eigenvalue weighted by atomic mass is 31.2. The Morgan fingerprint density at radius 3 is 0.987 bits per heavy atom. The van der Waals surface area contributed by atoms with Crippen molar-refractivity contribution in [3.05, 3.63) is 36.5 Å². The summed E-state index contributed by atoms with van der Waals surface area (Å²) in [7, 11) is -4.75. The van der Waals surface area contributed by atoms with E-state index < -0.39 is 57.8 Å². The maximum absolute atomic E-state index is 13.0. The first kappa shape index (κ1) is 75.7. The van der Waals surface area contributed by atoms with Crippen molar-refractivity contribution in [1.82, 2.24) is 0 Å². The third-order valence-electron chi connectivity index (χ3n) is 14.5. The third-order valence-corrected chi connectivity index (χ3v) is 15.5. The van der Waals surface area contributed by atoms with Gasteiger partial charge in [0.25, 0.3) is 0 Å². The molecule has 0 aromatic carbocycles. The van der Waals surface area contributed by atoms with Gasteiger partial charge in [-0.3, -0.25) is 23.4 Å². The lowest BCUT2D eigenvalue weighted by Gasteiger charge is -2.21. The minimum absolute atomic E-state index is 0.165. The van der Waals surface area contributed by atoms with E-state index in [4.69, 9.17) is 23.3 Å². The van der Waals surface area contributed by atoms with E-state index in [9.17, 15) is 28.9 Å². The Bertz CT molecular complexity index is 1450. The van der Waals surface area contributed by atoms with Gasteiger partial charge in [0, 0.05) is 19.3 Å². The van der Waals surface area contributed by atoms with Crippen LogP contribution in [0.25, 0.3) is 0 Å². The molecule has 0 aromatic rings. The summed E-state index contributed by atoms with van der Waals surface area (Å²) < 4.78 is 39.7. The van der Waals surface area contributed by atoms with E-state index in [1.54, 1.807) is 0 Å². The smallest absolute Gasteiger partial charge is 0.462 e. The van der Waals surface area contributed by atoms with Crippen molar-refractivity contribution in [3.8, 4) is 0 Å². The Balaban J connectivity index is 4.67. The number of hydrogen-bond acceptors (Lipinski definition) is 10. The molecule has 0 aliphatic heterocycles. The van der Waals surface area contributed by atoms with Gasteiger partial charge in [0.1, 0.15) is 12.7 Å². The molecule has 0 saturated heterocycles. The Morgan fingerprint density at radius 1 is 0.359 bits per heavy atom. The van der Waals surface area contributed by atoms with Gasteiger partial charge in [-0.05, 0) is 77.0 Å². The number of aliphatic hydroxyl groups excluding tert-OH is 1. The van der Waals surface area contributed by atoms with Crippen molar-refractivity contribution in [3.63, 3.8) is 0 Å². The van der Waals surface area contributed by atoms with Crippen molar-refractivity contribution in [2.75, 3.05) is 26.4 Å². The maximum Gasteiger partial charge on any atom is 0.472 e. The van der Waals surface area contributed by atoms with Gasteiger partial charge >= 0.3 is 25.7 Å². The molecule has 0 aliphatic rings. The zero-order valence-corrected chi connectivity index (χ0v) is 51.8. The number of phosphoric ester groups is 1. The highest BCUT2D eigenvalue weighted by molar-refractivity contribution is 7.47. The lowest BCUT2D eigenvalue weighted by atomic mass is 10.0. The molecule has 0 bridgehead atoms. The van der Waals surface area contributed by atoms with Crippen LogP contribution in [0, 0.1) is 0 Å². The molecule has 0 saturated carbocycles. The van der Waals surface area contributed by atoms with Crippen molar-refractivity contribution in [2.24, 2.45) is 0 Å². The normalized spacial score (nSPS) is 13.4. The Hall–Kier alpha value is -2.30. The van der Waals surface area contributed by atoms with E-state index in [0.29, 0.717) is 19.3 Å². The molecule has 0 aliphatic carbocycles. The lowest BCUT2D eigenvalue weighted by molar-refractivity contribution is -0.161. The SMILES string of the molecule is CCCCC/C=C\C/C=C\CCCCCCCCCCCC(=O)OCC(COP(=O)(O)OCC(CO)OC(=O)CCCCCCCCCCCCCCCCC)OC(=O)CCCCCCCCC/C=C\CCCCCCCC. The predicted molar refractivity (Wildman–Crippen MR) is 326 cm³/mol. The van der Waals surface area contributed by atoms with Crippen LogP contribution in [0.5, 0.6) is 0 Å². The summed E-state index contributed by atoms with van der Waals surface area (Å²) in [5.74, 6) is -1.45. The number of carbonyl (C=O) groups is 3. The van der Waals surface area contributed by atoms with Gasteiger partial charge < -0.3 is 24.2 Å². The van der Waals surface area contributed by atoms with Gasteiger partial charge in [-0.25, -0.2) is 4.57 Å². The standard InChI is InChI=1S/C66H123O11P/c1-4-7-10-13-16-19-22-25-28-30-31-33-35-37-40-43-46-49-52-55-64(68)73-59-63(77-66(70)57-54-51-48-45-42-39-36-32-29-26-23-20-17-14-11-8-5-2)61-75-78(71,72)74-60-62(58-67)76-65(69)56-53-50-47-44-41-38-34-27-24-21-18-15-12-9-6-3/h16,19,25-26,28-29,62-63,67H,4-15,17-18,20-24,27,30-61H2,1-3H3,(H,71,72)/b19-16-,28-25-,29-26-. The van der Waals surface area contributed by atoms with Crippen molar-refractivity contribution < 1.29 is 52.2 Å². The largest absolute Gasteiger partial charge is 0.472 e. The van der Waals surface area contributed by atoms with Crippen LogP contribution in [-0.2, 0) is 42.2 Å². The van der Waals surface area contributed by atoms with Crippen molar-refractivity contribution >= 4 is 25.7 Å². The molecular formula is C66H123O11P. The van der Waals surface area contributed by atoms with E-state index in [1.165, 1.54) is 193 Å². The number of aliphatic hydroxyl groups is 1. The Morgan fingerprint density at radius 2 is 0.628 bits per heavy atom. The van der Waals surface area contributed by atoms with Gasteiger partial charge in [0.15, 0.2) is 6.10 Å².